The first kappa shape index (κ1) is 13.3. The molecule has 3 nitrogen and oxygen atoms in total. The molecule has 18 heavy (non-hydrogen) atoms. The summed E-state index contributed by atoms with van der Waals surface area (Å²) in [4.78, 5) is 2.33. The average Bonchev–Trinajstić information content (AvgIpc) is 3.17. The Bertz CT molecular complexity index is 393. The van der Waals surface area contributed by atoms with Crippen LogP contribution >= 0.6 is 0 Å². The highest BCUT2D eigenvalue weighted by Crippen LogP contribution is 2.33. The van der Waals surface area contributed by atoms with E-state index in [1.807, 2.05) is 6.07 Å². The molecule has 1 aromatic carbocycles. The molecule has 0 unspecified atom stereocenters. The van der Waals surface area contributed by atoms with E-state index in [1.165, 1.54) is 18.9 Å². The maximum atomic E-state index is 13.3. The van der Waals surface area contributed by atoms with Crippen LogP contribution in [0.4, 0.5) is 10.1 Å². The number of hydrogen-bond acceptors (Lipinski definition) is 3. The fourth-order valence-corrected chi connectivity index (χ4v) is 2.27. The smallest absolute Gasteiger partial charge is 0.123 e. The second kappa shape index (κ2) is 6.16. The van der Waals surface area contributed by atoms with Crippen LogP contribution in [0, 0.1) is 5.82 Å². The number of benzene rings is 1. The molecule has 1 aromatic rings. The zero-order chi connectivity index (χ0) is 13.0. The highest BCUT2D eigenvalue weighted by Gasteiger charge is 2.30. The van der Waals surface area contributed by atoms with Crippen molar-refractivity contribution >= 4 is 5.69 Å². The molecule has 100 valence electrons. The Kier molecular flexibility index (Phi) is 4.55. The molecular formula is C14H21FN2O. The maximum absolute atomic E-state index is 13.3. The fraction of sp³-hybridized carbons (Fsp3) is 0.571. The lowest BCUT2D eigenvalue weighted by Crippen LogP contribution is -2.30. The van der Waals surface area contributed by atoms with Gasteiger partial charge in [-0.3, -0.25) is 0 Å². The first-order valence-electron chi connectivity index (χ1n) is 6.50. The molecule has 0 spiro atoms. The molecule has 1 aliphatic carbocycles. The van der Waals surface area contributed by atoms with Crippen LogP contribution in [0.5, 0.6) is 0 Å². The molecular weight excluding hydrogens is 231 g/mol. The first-order chi connectivity index (χ1) is 8.76. The number of methoxy groups -OCH3 is 1. The van der Waals surface area contributed by atoms with Crippen molar-refractivity contribution in [2.24, 2.45) is 5.73 Å². The van der Waals surface area contributed by atoms with Crippen molar-refractivity contribution in [3.63, 3.8) is 0 Å². The number of halogens is 1. The monoisotopic (exact) mass is 252 g/mol. The average molecular weight is 252 g/mol. The van der Waals surface area contributed by atoms with E-state index < -0.39 is 0 Å². The molecule has 2 rings (SSSR count). The minimum absolute atomic E-state index is 0.190. The van der Waals surface area contributed by atoms with Crippen molar-refractivity contribution in [1.29, 1.82) is 0 Å². The molecule has 1 fully saturated rings. The van der Waals surface area contributed by atoms with E-state index in [0.717, 1.165) is 17.8 Å². The lowest BCUT2D eigenvalue weighted by molar-refractivity contribution is 0.205. The summed E-state index contributed by atoms with van der Waals surface area (Å²) in [6, 6.07) is 5.58. The number of rotatable bonds is 7. The van der Waals surface area contributed by atoms with Crippen molar-refractivity contribution in [2.75, 3.05) is 31.7 Å². The van der Waals surface area contributed by atoms with Gasteiger partial charge in [0.2, 0.25) is 0 Å². The zero-order valence-electron chi connectivity index (χ0n) is 10.9. The van der Waals surface area contributed by atoms with Crippen molar-refractivity contribution in [1.82, 2.24) is 0 Å². The molecule has 0 amide bonds. The van der Waals surface area contributed by atoms with Crippen LogP contribution in [-0.4, -0.2) is 32.8 Å². The summed E-state index contributed by atoms with van der Waals surface area (Å²) in [5, 5.41) is 0. The Labute approximate surface area is 108 Å². The molecule has 0 atom stereocenters. The highest BCUT2D eigenvalue weighted by atomic mass is 19.1. The SMILES string of the molecule is COCCN(c1ccc(F)cc1CCN)C1CC1. The molecule has 1 saturated carbocycles. The van der Waals surface area contributed by atoms with E-state index in [4.69, 9.17) is 10.5 Å². The number of anilines is 1. The van der Waals surface area contributed by atoms with Gasteiger partial charge in [-0.05, 0) is 49.6 Å². The Balaban J connectivity index is 2.21. The Morgan fingerprint density at radius 2 is 2.22 bits per heavy atom. The highest BCUT2D eigenvalue weighted by molar-refractivity contribution is 5.55. The van der Waals surface area contributed by atoms with Crippen LogP contribution < -0.4 is 10.6 Å². The fourth-order valence-electron chi connectivity index (χ4n) is 2.27. The van der Waals surface area contributed by atoms with E-state index in [2.05, 4.69) is 4.90 Å². The largest absolute Gasteiger partial charge is 0.383 e. The maximum Gasteiger partial charge on any atom is 0.123 e. The molecule has 0 saturated heterocycles. The number of ether oxygens (including phenoxy) is 1. The van der Waals surface area contributed by atoms with Gasteiger partial charge < -0.3 is 15.4 Å². The quantitative estimate of drug-likeness (QED) is 0.806. The van der Waals surface area contributed by atoms with Crippen LogP contribution in [0.25, 0.3) is 0 Å². The van der Waals surface area contributed by atoms with E-state index in [1.54, 1.807) is 13.2 Å². The van der Waals surface area contributed by atoms with Gasteiger partial charge in [0.1, 0.15) is 5.82 Å². The minimum Gasteiger partial charge on any atom is -0.383 e. The van der Waals surface area contributed by atoms with Crippen molar-refractivity contribution < 1.29 is 9.13 Å². The zero-order valence-corrected chi connectivity index (χ0v) is 10.9. The Morgan fingerprint density at radius 3 is 2.83 bits per heavy atom. The number of nitrogens with two attached hydrogens (primary N) is 1. The molecule has 0 heterocycles. The Morgan fingerprint density at radius 1 is 1.44 bits per heavy atom. The second-order valence-corrected chi connectivity index (χ2v) is 4.73. The second-order valence-electron chi connectivity index (χ2n) is 4.73. The minimum atomic E-state index is -0.190. The van der Waals surface area contributed by atoms with Gasteiger partial charge in [0.05, 0.1) is 6.61 Å². The molecule has 1 aliphatic rings. The van der Waals surface area contributed by atoms with Gasteiger partial charge in [-0.1, -0.05) is 0 Å². The van der Waals surface area contributed by atoms with E-state index in [9.17, 15) is 4.39 Å². The molecule has 0 radical (unpaired) electrons. The topological polar surface area (TPSA) is 38.5 Å². The molecule has 4 heteroatoms. The summed E-state index contributed by atoms with van der Waals surface area (Å²) in [6.45, 7) is 2.08. The van der Waals surface area contributed by atoms with Crippen LogP contribution in [0.2, 0.25) is 0 Å². The molecule has 0 aromatic heterocycles. The van der Waals surface area contributed by atoms with Gasteiger partial charge in [-0.2, -0.15) is 0 Å². The molecule has 2 N–H and O–H groups in total. The van der Waals surface area contributed by atoms with Gasteiger partial charge in [0.25, 0.3) is 0 Å². The third kappa shape index (κ3) is 3.21. The third-order valence-corrected chi connectivity index (χ3v) is 3.29. The van der Waals surface area contributed by atoms with Crippen molar-refractivity contribution in [3.05, 3.63) is 29.6 Å². The molecule has 0 aliphatic heterocycles. The van der Waals surface area contributed by atoms with Gasteiger partial charge in [-0.25, -0.2) is 4.39 Å². The predicted molar refractivity (Wildman–Crippen MR) is 71.4 cm³/mol. The summed E-state index contributed by atoms with van der Waals surface area (Å²) in [6.07, 6.45) is 3.13. The summed E-state index contributed by atoms with van der Waals surface area (Å²) < 4.78 is 18.5. The lowest BCUT2D eigenvalue weighted by Gasteiger charge is -2.27. The van der Waals surface area contributed by atoms with E-state index in [0.29, 0.717) is 25.6 Å². The van der Waals surface area contributed by atoms with Crippen molar-refractivity contribution in [3.8, 4) is 0 Å². The third-order valence-electron chi connectivity index (χ3n) is 3.29. The van der Waals surface area contributed by atoms with Crippen molar-refractivity contribution in [2.45, 2.75) is 25.3 Å². The van der Waals surface area contributed by atoms with Crippen LogP contribution in [0.15, 0.2) is 18.2 Å². The standard InChI is InChI=1S/C14H21FN2O/c1-18-9-8-17(13-3-4-13)14-5-2-12(15)10-11(14)6-7-16/h2,5,10,13H,3-4,6-9,16H2,1H3. The van der Waals surface area contributed by atoms with Gasteiger partial charge in [-0.15, -0.1) is 0 Å². The summed E-state index contributed by atoms with van der Waals surface area (Å²) in [5.41, 5.74) is 7.72. The Hall–Kier alpha value is -1.13. The molecule has 0 bridgehead atoms. The number of nitrogens with zero attached hydrogens (tertiary/aromatic N) is 1. The normalized spacial score (nSPS) is 14.8. The van der Waals surface area contributed by atoms with E-state index in [-0.39, 0.29) is 5.82 Å². The summed E-state index contributed by atoms with van der Waals surface area (Å²) in [7, 11) is 1.70. The van der Waals surface area contributed by atoms with Crippen LogP contribution in [0.1, 0.15) is 18.4 Å². The first-order valence-corrected chi connectivity index (χ1v) is 6.50. The van der Waals surface area contributed by atoms with E-state index >= 15 is 0 Å². The van der Waals surface area contributed by atoms with Crippen LogP contribution in [-0.2, 0) is 11.2 Å². The van der Waals surface area contributed by atoms with Crippen LogP contribution in [0.3, 0.4) is 0 Å². The van der Waals surface area contributed by atoms with Gasteiger partial charge >= 0.3 is 0 Å². The van der Waals surface area contributed by atoms with Gasteiger partial charge in [0.15, 0.2) is 0 Å². The van der Waals surface area contributed by atoms with Gasteiger partial charge in [0, 0.05) is 25.4 Å². The lowest BCUT2D eigenvalue weighted by atomic mass is 10.1. The predicted octanol–water partition coefficient (Wildman–Crippen LogP) is 1.94. The summed E-state index contributed by atoms with van der Waals surface area (Å²) >= 11 is 0. The summed E-state index contributed by atoms with van der Waals surface area (Å²) in [5.74, 6) is -0.190. The number of hydrogen-bond donors (Lipinski definition) is 1.